The molecule has 2 aromatic heterocycles. The minimum absolute atomic E-state index is 0. The van der Waals surface area contributed by atoms with E-state index in [1.807, 2.05) is 39.0 Å². The lowest BCUT2D eigenvalue weighted by molar-refractivity contribution is 0.0695. The second-order valence-corrected chi connectivity index (χ2v) is 6.06. The Labute approximate surface area is 150 Å². The highest BCUT2D eigenvalue weighted by Crippen LogP contribution is 2.30. The van der Waals surface area contributed by atoms with Crippen molar-refractivity contribution >= 4 is 22.6 Å². The van der Waals surface area contributed by atoms with Crippen LogP contribution in [0.4, 0.5) is 5.69 Å². The van der Waals surface area contributed by atoms with E-state index in [1.54, 1.807) is 10.6 Å². The lowest BCUT2D eigenvalue weighted by Crippen LogP contribution is -2.19. The lowest BCUT2D eigenvalue weighted by atomic mass is 9.99. The van der Waals surface area contributed by atoms with Crippen molar-refractivity contribution in [1.82, 2.24) is 9.55 Å². The standard InChI is InChI=1S/C19H19N3O3.H2O/c1-4-22-9-15(19(24)25)18(23)14-7-16(20)13(8-17(14)22)12-5-10(2)21-11(3)6-12;/h5-9H,4,20H2,1-3H3,(H,24,25);1H2. The molecular formula is C19H21N3O4. The van der Waals surface area contributed by atoms with Gasteiger partial charge in [0.15, 0.2) is 0 Å². The average molecular weight is 355 g/mol. The summed E-state index contributed by atoms with van der Waals surface area (Å²) in [6.45, 7) is 6.25. The second-order valence-electron chi connectivity index (χ2n) is 6.06. The van der Waals surface area contributed by atoms with Gasteiger partial charge in [-0.15, -0.1) is 0 Å². The van der Waals surface area contributed by atoms with Crippen LogP contribution in [0.15, 0.2) is 35.3 Å². The van der Waals surface area contributed by atoms with Crippen molar-refractivity contribution in [3.05, 3.63) is 57.6 Å². The summed E-state index contributed by atoms with van der Waals surface area (Å²) in [5.74, 6) is -1.24. The van der Waals surface area contributed by atoms with E-state index < -0.39 is 11.4 Å². The summed E-state index contributed by atoms with van der Waals surface area (Å²) in [5.41, 5.74) is 9.98. The fourth-order valence-corrected chi connectivity index (χ4v) is 3.11. The van der Waals surface area contributed by atoms with Crippen molar-refractivity contribution in [2.75, 3.05) is 5.73 Å². The highest BCUT2D eigenvalue weighted by molar-refractivity contribution is 5.96. The topological polar surface area (TPSA) is 130 Å². The SMILES string of the molecule is CCn1cc(C(=O)O)c(=O)c2cc(N)c(-c3cc(C)nc(C)c3)cc21.O. The molecule has 3 aromatic rings. The Hall–Kier alpha value is -3.19. The van der Waals surface area contributed by atoms with Crippen LogP contribution in [0.25, 0.3) is 22.0 Å². The predicted octanol–water partition coefficient (Wildman–Crippen LogP) is 2.16. The van der Waals surface area contributed by atoms with Gasteiger partial charge in [-0.3, -0.25) is 9.78 Å². The molecule has 7 heteroatoms. The smallest absolute Gasteiger partial charge is 0.341 e. The van der Waals surface area contributed by atoms with Crippen molar-refractivity contribution in [3.63, 3.8) is 0 Å². The van der Waals surface area contributed by atoms with E-state index in [2.05, 4.69) is 4.98 Å². The first-order valence-electron chi connectivity index (χ1n) is 7.97. The van der Waals surface area contributed by atoms with Crippen LogP contribution in [-0.4, -0.2) is 26.1 Å². The average Bonchev–Trinajstić information content (AvgIpc) is 2.54. The number of carboxylic acid groups (broad SMARTS) is 1. The zero-order chi connectivity index (χ0) is 18.3. The molecule has 0 aliphatic heterocycles. The van der Waals surface area contributed by atoms with Crippen LogP contribution in [0.2, 0.25) is 0 Å². The number of nitrogen functional groups attached to an aromatic ring is 1. The van der Waals surface area contributed by atoms with E-state index in [4.69, 9.17) is 5.73 Å². The molecule has 0 atom stereocenters. The van der Waals surface area contributed by atoms with E-state index in [9.17, 15) is 14.7 Å². The molecular weight excluding hydrogens is 334 g/mol. The third-order valence-electron chi connectivity index (χ3n) is 4.22. The zero-order valence-corrected chi connectivity index (χ0v) is 14.8. The molecule has 0 saturated carbocycles. The number of anilines is 1. The molecule has 0 radical (unpaired) electrons. The van der Waals surface area contributed by atoms with Gasteiger partial charge in [0.05, 0.1) is 5.52 Å². The third kappa shape index (κ3) is 3.16. The monoisotopic (exact) mass is 355 g/mol. The van der Waals surface area contributed by atoms with Gasteiger partial charge in [-0.2, -0.15) is 0 Å². The summed E-state index contributed by atoms with van der Waals surface area (Å²) in [6, 6.07) is 7.28. The number of rotatable bonds is 3. The molecule has 0 spiro atoms. The Kier molecular flexibility index (Phi) is 5.13. The first-order chi connectivity index (χ1) is 11.8. The predicted molar refractivity (Wildman–Crippen MR) is 102 cm³/mol. The molecule has 136 valence electrons. The minimum atomic E-state index is -1.24. The molecule has 0 unspecified atom stereocenters. The fraction of sp³-hybridized carbons (Fsp3) is 0.211. The first kappa shape index (κ1) is 19.1. The maximum Gasteiger partial charge on any atom is 0.341 e. The van der Waals surface area contributed by atoms with Crippen LogP contribution >= 0.6 is 0 Å². The number of benzene rings is 1. The van der Waals surface area contributed by atoms with Gasteiger partial charge in [-0.05, 0) is 50.6 Å². The van der Waals surface area contributed by atoms with Crippen molar-refractivity contribution in [3.8, 4) is 11.1 Å². The molecule has 0 saturated heterocycles. The van der Waals surface area contributed by atoms with Crippen molar-refractivity contribution < 1.29 is 15.4 Å². The summed E-state index contributed by atoms with van der Waals surface area (Å²) in [4.78, 5) is 28.2. The lowest BCUT2D eigenvalue weighted by Gasteiger charge is -2.14. The third-order valence-corrected chi connectivity index (χ3v) is 4.22. The van der Waals surface area contributed by atoms with Gasteiger partial charge in [-0.25, -0.2) is 4.79 Å². The van der Waals surface area contributed by atoms with Crippen molar-refractivity contribution in [2.24, 2.45) is 0 Å². The van der Waals surface area contributed by atoms with Crippen LogP contribution in [0.3, 0.4) is 0 Å². The number of pyridine rings is 2. The largest absolute Gasteiger partial charge is 0.477 e. The number of aromatic carboxylic acids is 1. The van der Waals surface area contributed by atoms with Crippen molar-refractivity contribution in [1.29, 1.82) is 0 Å². The van der Waals surface area contributed by atoms with Gasteiger partial charge in [-0.1, -0.05) is 0 Å². The molecule has 3 rings (SSSR count). The quantitative estimate of drug-likeness (QED) is 0.695. The van der Waals surface area contributed by atoms with Crippen LogP contribution in [-0.2, 0) is 6.54 Å². The van der Waals surface area contributed by atoms with E-state index >= 15 is 0 Å². The van der Waals surface area contributed by atoms with Gasteiger partial charge < -0.3 is 20.9 Å². The molecule has 7 nitrogen and oxygen atoms in total. The summed E-state index contributed by atoms with van der Waals surface area (Å²) in [6.07, 6.45) is 1.38. The second kappa shape index (κ2) is 6.97. The minimum Gasteiger partial charge on any atom is -0.477 e. The van der Waals surface area contributed by atoms with E-state index in [-0.39, 0.29) is 11.0 Å². The van der Waals surface area contributed by atoms with Crippen LogP contribution in [0.5, 0.6) is 0 Å². The van der Waals surface area contributed by atoms with Crippen molar-refractivity contribution in [2.45, 2.75) is 27.3 Å². The number of carbonyl (C=O) groups is 1. The molecule has 0 aliphatic carbocycles. The van der Waals surface area contributed by atoms with Gasteiger partial charge in [0.2, 0.25) is 5.43 Å². The number of fused-ring (bicyclic) bond motifs is 1. The Bertz CT molecular complexity index is 1050. The number of aryl methyl sites for hydroxylation is 3. The number of hydrogen-bond acceptors (Lipinski definition) is 4. The van der Waals surface area contributed by atoms with E-state index in [1.165, 1.54) is 6.20 Å². The molecule has 0 aliphatic rings. The number of hydrogen-bond donors (Lipinski definition) is 2. The normalized spacial score (nSPS) is 10.6. The summed E-state index contributed by atoms with van der Waals surface area (Å²) in [7, 11) is 0. The molecule has 0 amide bonds. The van der Waals surface area contributed by atoms with Gasteiger partial charge in [0, 0.05) is 40.8 Å². The molecule has 26 heavy (non-hydrogen) atoms. The number of carboxylic acids is 1. The summed E-state index contributed by atoms with van der Waals surface area (Å²) >= 11 is 0. The van der Waals surface area contributed by atoms with E-state index in [0.29, 0.717) is 23.1 Å². The zero-order valence-electron chi connectivity index (χ0n) is 14.8. The van der Waals surface area contributed by atoms with Crippen LogP contribution in [0, 0.1) is 13.8 Å². The highest BCUT2D eigenvalue weighted by atomic mass is 16.4. The maximum atomic E-state index is 12.5. The highest BCUT2D eigenvalue weighted by Gasteiger charge is 2.16. The van der Waals surface area contributed by atoms with Crippen LogP contribution in [0.1, 0.15) is 28.7 Å². The maximum absolute atomic E-state index is 12.5. The number of nitrogens with two attached hydrogens (primary N) is 1. The fourth-order valence-electron chi connectivity index (χ4n) is 3.11. The summed E-state index contributed by atoms with van der Waals surface area (Å²) < 4.78 is 1.75. The molecule has 0 bridgehead atoms. The Morgan fingerprint density at radius 1 is 1.19 bits per heavy atom. The first-order valence-corrected chi connectivity index (χ1v) is 7.97. The van der Waals surface area contributed by atoms with E-state index in [0.717, 1.165) is 22.5 Å². The molecule has 5 N–H and O–H groups in total. The Morgan fingerprint density at radius 2 is 1.81 bits per heavy atom. The Balaban J connectivity index is 0.00000243. The molecule has 0 fully saturated rings. The van der Waals surface area contributed by atoms with Crippen LogP contribution < -0.4 is 11.2 Å². The number of aromatic nitrogens is 2. The van der Waals surface area contributed by atoms with Gasteiger partial charge >= 0.3 is 5.97 Å². The summed E-state index contributed by atoms with van der Waals surface area (Å²) in [5, 5.41) is 9.57. The number of nitrogens with zero attached hydrogens (tertiary/aromatic N) is 2. The Morgan fingerprint density at radius 3 is 2.35 bits per heavy atom. The molecule has 2 heterocycles. The van der Waals surface area contributed by atoms with Gasteiger partial charge in [0.1, 0.15) is 5.56 Å². The van der Waals surface area contributed by atoms with Gasteiger partial charge in [0.25, 0.3) is 0 Å². The molecule has 1 aromatic carbocycles.